The summed E-state index contributed by atoms with van der Waals surface area (Å²) in [5.41, 5.74) is 0.801. The number of aliphatic hydroxyl groups is 1. The zero-order valence-electron chi connectivity index (χ0n) is 10.4. The van der Waals surface area contributed by atoms with Gasteiger partial charge in [-0.1, -0.05) is 11.6 Å². The van der Waals surface area contributed by atoms with Crippen molar-refractivity contribution in [3.63, 3.8) is 0 Å². The van der Waals surface area contributed by atoms with Crippen LogP contribution in [0.25, 0.3) is 5.69 Å². The summed E-state index contributed by atoms with van der Waals surface area (Å²) in [5, 5.41) is 17.4. The van der Waals surface area contributed by atoms with Crippen LogP contribution in [0.3, 0.4) is 0 Å². The Hall–Kier alpha value is -1.92. The number of hydrogen-bond acceptors (Lipinski definition) is 5. The second kappa shape index (κ2) is 5.38. The van der Waals surface area contributed by atoms with E-state index >= 15 is 0 Å². The van der Waals surface area contributed by atoms with Gasteiger partial charge >= 0.3 is 5.97 Å². The number of methoxy groups -OCH3 is 1. The predicted octanol–water partition coefficient (Wildman–Crippen LogP) is 1.51. The van der Waals surface area contributed by atoms with Gasteiger partial charge in [0.2, 0.25) is 0 Å². The summed E-state index contributed by atoms with van der Waals surface area (Å²) in [5.74, 6) is 0.371. The average molecular weight is 282 g/mol. The molecule has 7 heteroatoms. The van der Waals surface area contributed by atoms with Crippen molar-refractivity contribution in [2.75, 3.05) is 7.11 Å². The van der Waals surface area contributed by atoms with Gasteiger partial charge in [0.25, 0.3) is 0 Å². The Labute approximate surface area is 114 Å². The average Bonchev–Trinajstić information content (AvgIpc) is 2.79. The van der Waals surface area contributed by atoms with Crippen molar-refractivity contribution < 1.29 is 14.6 Å². The summed E-state index contributed by atoms with van der Waals surface area (Å²) in [7, 11) is 1.29. The highest BCUT2D eigenvalue weighted by molar-refractivity contribution is 6.31. The van der Waals surface area contributed by atoms with Crippen molar-refractivity contribution in [1.82, 2.24) is 14.8 Å². The van der Waals surface area contributed by atoms with Crippen LogP contribution in [0.1, 0.15) is 22.0 Å². The molecule has 100 valence electrons. The first-order valence-corrected chi connectivity index (χ1v) is 5.86. The number of rotatable bonds is 3. The lowest BCUT2D eigenvalue weighted by Gasteiger charge is -2.12. The number of aromatic nitrogens is 3. The molecule has 1 N–H and O–H groups in total. The number of benzene rings is 1. The Kier molecular flexibility index (Phi) is 3.82. The van der Waals surface area contributed by atoms with Gasteiger partial charge in [-0.25, -0.2) is 4.79 Å². The van der Waals surface area contributed by atoms with E-state index in [0.29, 0.717) is 22.4 Å². The monoisotopic (exact) mass is 281 g/mol. The van der Waals surface area contributed by atoms with Gasteiger partial charge in [-0.15, -0.1) is 10.2 Å². The number of carbonyl (C=O) groups is 1. The molecule has 0 radical (unpaired) electrons. The van der Waals surface area contributed by atoms with E-state index in [9.17, 15) is 9.90 Å². The molecule has 6 nitrogen and oxygen atoms in total. The molecule has 2 aromatic rings. The maximum absolute atomic E-state index is 11.8. The van der Waals surface area contributed by atoms with Crippen LogP contribution in [0.15, 0.2) is 18.2 Å². The number of aryl methyl sites for hydroxylation is 1. The van der Waals surface area contributed by atoms with E-state index in [-0.39, 0.29) is 12.2 Å². The molecule has 19 heavy (non-hydrogen) atoms. The Morgan fingerprint density at radius 3 is 2.84 bits per heavy atom. The molecule has 0 atom stereocenters. The minimum absolute atomic E-state index is 0.285. The minimum atomic E-state index is -0.519. The van der Waals surface area contributed by atoms with E-state index in [2.05, 4.69) is 10.2 Å². The van der Waals surface area contributed by atoms with Gasteiger partial charge < -0.3 is 9.84 Å². The molecule has 0 saturated heterocycles. The van der Waals surface area contributed by atoms with Crippen LogP contribution < -0.4 is 0 Å². The molecule has 0 aliphatic heterocycles. The zero-order chi connectivity index (χ0) is 14.0. The molecule has 0 spiro atoms. The fourth-order valence-electron chi connectivity index (χ4n) is 1.80. The number of hydrogen-bond donors (Lipinski definition) is 1. The molecule has 0 amide bonds. The lowest BCUT2D eigenvalue weighted by molar-refractivity contribution is 0.0600. The highest BCUT2D eigenvalue weighted by atomic mass is 35.5. The maximum atomic E-state index is 11.8. The van der Waals surface area contributed by atoms with Crippen molar-refractivity contribution in [2.45, 2.75) is 13.5 Å². The van der Waals surface area contributed by atoms with Crippen molar-refractivity contribution in [2.24, 2.45) is 0 Å². The van der Waals surface area contributed by atoms with Gasteiger partial charge in [0.1, 0.15) is 12.4 Å². The third kappa shape index (κ3) is 2.45. The molecule has 2 rings (SSSR count). The fourth-order valence-corrected chi connectivity index (χ4v) is 1.97. The Morgan fingerprint density at radius 2 is 2.21 bits per heavy atom. The summed E-state index contributed by atoms with van der Waals surface area (Å²) in [6.07, 6.45) is 0. The Morgan fingerprint density at radius 1 is 1.47 bits per heavy atom. The van der Waals surface area contributed by atoms with E-state index in [1.54, 1.807) is 23.6 Å². The summed E-state index contributed by atoms with van der Waals surface area (Å²) in [6, 6.07) is 4.80. The molecular weight excluding hydrogens is 270 g/mol. The Balaban J connectivity index is 2.68. The quantitative estimate of drug-likeness (QED) is 0.863. The first kappa shape index (κ1) is 13.5. The van der Waals surface area contributed by atoms with Gasteiger partial charge in [0.15, 0.2) is 5.82 Å². The van der Waals surface area contributed by atoms with Gasteiger partial charge in [-0.2, -0.15) is 0 Å². The molecule has 0 unspecified atom stereocenters. The van der Waals surface area contributed by atoms with Crippen molar-refractivity contribution in [3.05, 3.63) is 40.4 Å². The molecule has 1 heterocycles. The number of ether oxygens (including phenoxy) is 1. The number of carbonyl (C=O) groups excluding carboxylic acids is 1. The predicted molar refractivity (Wildman–Crippen MR) is 68.4 cm³/mol. The number of halogens is 1. The minimum Gasteiger partial charge on any atom is -0.465 e. The largest absolute Gasteiger partial charge is 0.465 e. The van der Waals surface area contributed by atoms with Crippen LogP contribution >= 0.6 is 11.6 Å². The first-order valence-electron chi connectivity index (χ1n) is 5.48. The molecule has 0 aliphatic rings. The summed E-state index contributed by atoms with van der Waals surface area (Å²) in [4.78, 5) is 11.8. The molecule has 1 aromatic carbocycles. The molecule has 1 aromatic heterocycles. The van der Waals surface area contributed by atoms with Crippen LogP contribution in [0.2, 0.25) is 5.02 Å². The van der Waals surface area contributed by atoms with Gasteiger partial charge in [0.05, 0.1) is 18.4 Å². The maximum Gasteiger partial charge on any atom is 0.340 e. The number of aliphatic hydroxyl groups excluding tert-OH is 1. The third-order valence-electron chi connectivity index (χ3n) is 2.64. The third-order valence-corrected chi connectivity index (χ3v) is 2.87. The topological polar surface area (TPSA) is 77.2 Å². The standard InChI is InChI=1S/C12H12ClN3O3/c1-7-14-15-11(6-17)16(7)10-4-3-8(13)5-9(10)12(18)19-2/h3-5,17H,6H2,1-2H3. The SMILES string of the molecule is COC(=O)c1cc(Cl)ccc1-n1c(C)nnc1CO. The van der Waals surface area contributed by atoms with Crippen molar-refractivity contribution in [3.8, 4) is 5.69 Å². The van der Waals surface area contributed by atoms with Gasteiger partial charge in [-0.05, 0) is 25.1 Å². The fraction of sp³-hybridized carbons (Fsp3) is 0.250. The second-order valence-corrected chi connectivity index (χ2v) is 4.25. The van der Waals surface area contributed by atoms with E-state index in [0.717, 1.165) is 0 Å². The van der Waals surface area contributed by atoms with E-state index in [1.165, 1.54) is 13.2 Å². The second-order valence-electron chi connectivity index (χ2n) is 3.81. The lowest BCUT2D eigenvalue weighted by Crippen LogP contribution is -2.11. The number of nitrogens with zero attached hydrogens (tertiary/aromatic N) is 3. The van der Waals surface area contributed by atoms with Crippen LogP contribution in [-0.2, 0) is 11.3 Å². The molecule has 0 bridgehead atoms. The van der Waals surface area contributed by atoms with Crippen molar-refractivity contribution >= 4 is 17.6 Å². The van der Waals surface area contributed by atoms with Crippen LogP contribution in [0, 0.1) is 6.92 Å². The zero-order valence-corrected chi connectivity index (χ0v) is 11.2. The molecular formula is C12H12ClN3O3. The van der Waals surface area contributed by atoms with E-state index < -0.39 is 5.97 Å². The van der Waals surface area contributed by atoms with Gasteiger partial charge in [-0.3, -0.25) is 4.57 Å². The Bertz CT molecular complexity index is 625. The highest BCUT2D eigenvalue weighted by Crippen LogP contribution is 2.22. The van der Waals surface area contributed by atoms with Crippen molar-refractivity contribution in [1.29, 1.82) is 0 Å². The van der Waals surface area contributed by atoms with Crippen LogP contribution in [-0.4, -0.2) is 33.0 Å². The summed E-state index contributed by atoms with van der Waals surface area (Å²) < 4.78 is 6.32. The summed E-state index contributed by atoms with van der Waals surface area (Å²) >= 11 is 5.90. The normalized spacial score (nSPS) is 10.5. The molecule has 0 fully saturated rings. The molecule has 0 saturated carbocycles. The van der Waals surface area contributed by atoms with Crippen LogP contribution in [0.5, 0.6) is 0 Å². The smallest absolute Gasteiger partial charge is 0.340 e. The number of esters is 1. The summed E-state index contributed by atoms with van der Waals surface area (Å²) in [6.45, 7) is 1.44. The van der Waals surface area contributed by atoms with E-state index in [1.807, 2.05) is 0 Å². The van der Waals surface area contributed by atoms with Gasteiger partial charge in [0, 0.05) is 5.02 Å². The lowest BCUT2D eigenvalue weighted by atomic mass is 10.1. The highest BCUT2D eigenvalue weighted by Gasteiger charge is 2.18. The van der Waals surface area contributed by atoms with Crippen LogP contribution in [0.4, 0.5) is 0 Å². The van der Waals surface area contributed by atoms with E-state index in [4.69, 9.17) is 16.3 Å². The molecule has 0 aliphatic carbocycles. The first-order chi connectivity index (χ1) is 9.08.